The second kappa shape index (κ2) is 7.68. The van der Waals surface area contributed by atoms with Gasteiger partial charge < -0.3 is 10.5 Å². The maximum absolute atomic E-state index is 11.6. The minimum atomic E-state index is -0.533. The Morgan fingerprint density at radius 2 is 2.12 bits per heavy atom. The molecule has 1 unspecified atom stereocenters. The van der Waals surface area contributed by atoms with Crippen LogP contribution in [0.1, 0.15) is 40.4 Å². The smallest absolute Gasteiger partial charge is 0.254 e. The average Bonchev–Trinajstić information content (AvgIpc) is 2.68. The van der Waals surface area contributed by atoms with Gasteiger partial charge in [0.1, 0.15) is 17.1 Å². The first-order chi connectivity index (χ1) is 12.7. The van der Waals surface area contributed by atoms with E-state index < -0.39 is 5.91 Å². The number of ether oxygens (including phenoxy) is 1. The largest absolute Gasteiger partial charge is 0.456 e. The summed E-state index contributed by atoms with van der Waals surface area (Å²) in [5, 5.41) is 0. The molecule has 1 aromatic carbocycles. The molecule has 1 aliphatic carbocycles. The van der Waals surface area contributed by atoms with E-state index in [2.05, 4.69) is 22.0 Å². The summed E-state index contributed by atoms with van der Waals surface area (Å²) < 4.78 is 5.96. The second-order valence-electron chi connectivity index (χ2n) is 6.76. The van der Waals surface area contributed by atoms with Crippen LogP contribution in [0.2, 0.25) is 0 Å². The second-order valence-corrected chi connectivity index (χ2v) is 7.98. The van der Waals surface area contributed by atoms with E-state index in [0.29, 0.717) is 17.4 Å². The summed E-state index contributed by atoms with van der Waals surface area (Å²) >= 11 is 2.05. The van der Waals surface area contributed by atoms with Gasteiger partial charge in [-0.25, -0.2) is 0 Å². The van der Waals surface area contributed by atoms with Crippen LogP contribution in [0.15, 0.2) is 36.7 Å². The van der Waals surface area contributed by atoms with Crippen LogP contribution < -0.4 is 10.5 Å². The molecule has 0 saturated carbocycles. The van der Waals surface area contributed by atoms with Gasteiger partial charge in [-0.15, -0.1) is 0 Å². The summed E-state index contributed by atoms with van der Waals surface area (Å²) in [6.07, 6.45) is 6.55. The van der Waals surface area contributed by atoms with Crippen LogP contribution in [0.5, 0.6) is 11.5 Å². The van der Waals surface area contributed by atoms with Gasteiger partial charge in [-0.3, -0.25) is 14.7 Å². The van der Waals surface area contributed by atoms with Crippen molar-refractivity contribution in [3.8, 4) is 11.5 Å². The third-order valence-electron chi connectivity index (χ3n) is 5.16. The lowest BCUT2D eigenvalue weighted by molar-refractivity contribution is 0.0997. The molecule has 1 atom stereocenters. The Kier molecular flexibility index (Phi) is 5.13. The van der Waals surface area contributed by atoms with Crippen molar-refractivity contribution in [1.29, 1.82) is 0 Å². The number of aromatic nitrogens is 1. The van der Waals surface area contributed by atoms with Crippen LogP contribution in [0, 0.1) is 0 Å². The molecule has 2 aliphatic rings. The zero-order valence-corrected chi connectivity index (χ0v) is 15.5. The van der Waals surface area contributed by atoms with E-state index in [-0.39, 0.29) is 0 Å². The van der Waals surface area contributed by atoms with Gasteiger partial charge in [0.25, 0.3) is 5.91 Å². The van der Waals surface area contributed by atoms with Crippen molar-refractivity contribution in [2.24, 2.45) is 5.73 Å². The van der Waals surface area contributed by atoms with Crippen molar-refractivity contribution < 1.29 is 9.53 Å². The number of amides is 1. The fourth-order valence-electron chi connectivity index (χ4n) is 3.88. The molecule has 4 rings (SSSR count). The number of hydrogen-bond donors (Lipinski definition) is 1. The summed E-state index contributed by atoms with van der Waals surface area (Å²) in [4.78, 5) is 18.1. The van der Waals surface area contributed by atoms with Crippen LogP contribution in [0.3, 0.4) is 0 Å². The summed E-state index contributed by atoms with van der Waals surface area (Å²) in [6, 6.07) is 8.51. The number of primary amides is 1. The molecule has 0 spiro atoms. The number of thioether (sulfide) groups is 1. The highest BCUT2D eigenvalue weighted by molar-refractivity contribution is 7.99. The number of benzene rings is 1. The molecule has 1 saturated heterocycles. The van der Waals surface area contributed by atoms with E-state index in [1.54, 1.807) is 12.3 Å². The number of hydrogen-bond acceptors (Lipinski definition) is 5. The van der Waals surface area contributed by atoms with Crippen LogP contribution in [-0.2, 0) is 6.42 Å². The zero-order chi connectivity index (χ0) is 17.9. The van der Waals surface area contributed by atoms with Crippen LogP contribution in [-0.4, -0.2) is 40.4 Å². The van der Waals surface area contributed by atoms with Gasteiger partial charge in [0.05, 0.1) is 0 Å². The predicted molar refractivity (Wildman–Crippen MR) is 104 cm³/mol. The zero-order valence-electron chi connectivity index (χ0n) is 14.7. The Morgan fingerprint density at radius 3 is 2.92 bits per heavy atom. The Bertz CT molecular complexity index is 805. The maximum Gasteiger partial charge on any atom is 0.254 e. The molecule has 0 radical (unpaired) electrons. The van der Waals surface area contributed by atoms with Crippen LogP contribution in [0.4, 0.5) is 0 Å². The van der Waals surface area contributed by atoms with Crippen molar-refractivity contribution in [3.05, 3.63) is 53.3 Å². The van der Waals surface area contributed by atoms with Crippen LogP contribution in [0.25, 0.3) is 0 Å². The van der Waals surface area contributed by atoms with Gasteiger partial charge in [-0.1, -0.05) is 6.07 Å². The molecule has 2 aromatic rings. The third-order valence-corrected chi connectivity index (χ3v) is 6.10. The molecule has 5 nitrogen and oxygen atoms in total. The van der Waals surface area contributed by atoms with E-state index in [9.17, 15) is 4.79 Å². The third kappa shape index (κ3) is 3.57. The number of fused-ring (bicyclic) bond motifs is 1. The number of nitrogens with two attached hydrogens (primary N) is 1. The first-order valence-electron chi connectivity index (χ1n) is 9.08. The Labute approximate surface area is 157 Å². The topological polar surface area (TPSA) is 68.5 Å². The molecule has 2 N–H and O–H groups in total. The van der Waals surface area contributed by atoms with Gasteiger partial charge in [0, 0.05) is 43.0 Å². The minimum absolute atomic E-state index is 0.300. The van der Waals surface area contributed by atoms with E-state index in [4.69, 9.17) is 10.5 Å². The summed E-state index contributed by atoms with van der Waals surface area (Å²) in [6.45, 7) is 2.35. The van der Waals surface area contributed by atoms with Gasteiger partial charge in [0.2, 0.25) is 0 Å². The SMILES string of the molecule is NC(=O)c1cnccc1Oc1ccc2c(c1)CCCC2N1CCSCC1. The Hall–Kier alpha value is -2.05. The number of carbonyl (C=O) groups excluding carboxylic acids is 1. The normalized spacial score (nSPS) is 20.4. The number of aryl methyl sites for hydroxylation is 1. The highest BCUT2D eigenvalue weighted by Crippen LogP contribution is 2.38. The lowest BCUT2D eigenvalue weighted by Crippen LogP contribution is -2.37. The van der Waals surface area contributed by atoms with Gasteiger partial charge in [-0.05, 0) is 48.6 Å². The van der Waals surface area contributed by atoms with Crippen molar-refractivity contribution >= 4 is 17.7 Å². The number of pyridine rings is 1. The van der Waals surface area contributed by atoms with E-state index in [1.807, 2.05) is 17.8 Å². The monoisotopic (exact) mass is 369 g/mol. The van der Waals surface area contributed by atoms with Crippen molar-refractivity contribution in [2.45, 2.75) is 25.3 Å². The molecule has 1 amide bonds. The molecular formula is C20H23N3O2S. The van der Waals surface area contributed by atoms with E-state index in [0.717, 1.165) is 12.2 Å². The molecule has 0 bridgehead atoms. The molecule has 26 heavy (non-hydrogen) atoms. The fraction of sp³-hybridized carbons (Fsp3) is 0.400. The van der Waals surface area contributed by atoms with Crippen molar-refractivity contribution in [3.63, 3.8) is 0 Å². The lowest BCUT2D eigenvalue weighted by Gasteiger charge is -2.38. The van der Waals surface area contributed by atoms with Gasteiger partial charge in [0.15, 0.2) is 0 Å². The van der Waals surface area contributed by atoms with E-state index in [1.165, 1.54) is 54.8 Å². The van der Waals surface area contributed by atoms with Crippen molar-refractivity contribution in [2.75, 3.05) is 24.6 Å². The van der Waals surface area contributed by atoms with Gasteiger partial charge >= 0.3 is 0 Å². The highest BCUT2D eigenvalue weighted by atomic mass is 32.2. The molecule has 2 heterocycles. The molecule has 1 aromatic heterocycles. The standard InChI is InChI=1S/C20H23N3O2S/c21-20(24)17-13-22-7-6-19(17)25-15-4-5-16-14(12-15)2-1-3-18(16)23-8-10-26-11-9-23/h4-7,12-13,18H,1-3,8-11H2,(H2,21,24). The van der Waals surface area contributed by atoms with E-state index >= 15 is 0 Å². The number of rotatable bonds is 4. The Balaban J connectivity index is 1.58. The lowest BCUT2D eigenvalue weighted by atomic mass is 9.86. The highest BCUT2D eigenvalue weighted by Gasteiger charge is 2.27. The van der Waals surface area contributed by atoms with Crippen LogP contribution >= 0.6 is 11.8 Å². The Morgan fingerprint density at radius 1 is 1.27 bits per heavy atom. The quantitative estimate of drug-likeness (QED) is 0.895. The fourth-order valence-corrected chi connectivity index (χ4v) is 4.81. The molecule has 6 heteroatoms. The summed E-state index contributed by atoms with van der Waals surface area (Å²) in [5.41, 5.74) is 8.50. The molecule has 1 aliphatic heterocycles. The molecule has 136 valence electrons. The number of carbonyl (C=O) groups is 1. The molecule has 1 fully saturated rings. The van der Waals surface area contributed by atoms with Gasteiger partial charge in [-0.2, -0.15) is 11.8 Å². The first-order valence-corrected chi connectivity index (χ1v) is 10.2. The summed E-state index contributed by atoms with van der Waals surface area (Å²) in [7, 11) is 0. The maximum atomic E-state index is 11.6. The average molecular weight is 369 g/mol. The minimum Gasteiger partial charge on any atom is -0.456 e. The first kappa shape index (κ1) is 17.4. The van der Waals surface area contributed by atoms with Crippen molar-refractivity contribution in [1.82, 2.24) is 9.88 Å². The number of nitrogens with zero attached hydrogens (tertiary/aromatic N) is 2. The molecular weight excluding hydrogens is 346 g/mol. The predicted octanol–water partition coefficient (Wildman–Crippen LogP) is 3.40. The summed E-state index contributed by atoms with van der Waals surface area (Å²) in [5.74, 6) is 3.12.